The first kappa shape index (κ1) is 26.7. The third kappa shape index (κ3) is 4.18. The molecule has 0 bridgehead atoms. The average Bonchev–Trinajstić information content (AvgIpc) is 3.73. The van der Waals surface area contributed by atoms with Crippen molar-refractivity contribution in [2.75, 3.05) is 0 Å². The van der Waals surface area contributed by atoms with Crippen molar-refractivity contribution in [3.63, 3.8) is 0 Å². The highest BCUT2D eigenvalue weighted by molar-refractivity contribution is 6.13. The van der Waals surface area contributed by atoms with Crippen LogP contribution in [0.4, 0.5) is 0 Å². The summed E-state index contributed by atoms with van der Waals surface area (Å²) in [5.41, 5.74) is 10.9. The van der Waals surface area contributed by atoms with Gasteiger partial charge in [-0.2, -0.15) is 0 Å². The Kier molecular flexibility index (Phi) is 5.87. The van der Waals surface area contributed by atoms with Crippen LogP contribution < -0.4 is 0 Å². The molecule has 0 saturated carbocycles. The average molecular weight is 613 g/mol. The molecule has 10 rings (SSSR count). The predicted octanol–water partition coefficient (Wildman–Crippen LogP) is 12.2. The molecule has 0 unspecified atom stereocenters. The van der Waals surface area contributed by atoms with Gasteiger partial charge in [0.05, 0.1) is 11.0 Å². The normalized spacial score (nSPS) is 11.8. The molecule has 3 heteroatoms. The number of hydrogen-bond donors (Lipinski definition) is 0. The summed E-state index contributed by atoms with van der Waals surface area (Å²) in [5.74, 6) is 0.629. The zero-order valence-electron chi connectivity index (χ0n) is 26.0. The van der Waals surface area contributed by atoms with Gasteiger partial charge in [-0.1, -0.05) is 109 Å². The molecular formula is C45H28N2O. The number of oxazole rings is 1. The van der Waals surface area contributed by atoms with E-state index < -0.39 is 0 Å². The van der Waals surface area contributed by atoms with Crippen molar-refractivity contribution >= 4 is 54.5 Å². The summed E-state index contributed by atoms with van der Waals surface area (Å²) in [6, 6.07) is 60.7. The van der Waals surface area contributed by atoms with Gasteiger partial charge in [0.15, 0.2) is 5.58 Å². The van der Waals surface area contributed by atoms with E-state index in [1.165, 1.54) is 65.6 Å². The van der Waals surface area contributed by atoms with Crippen LogP contribution >= 0.6 is 0 Å². The summed E-state index contributed by atoms with van der Waals surface area (Å²) in [6.45, 7) is 0. The van der Waals surface area contributed by atoms with E-state index in [1.807, 2.05) is 24.3 Å². The van der Waals surface area contributed by atoms with Gasteiger partial charge in [0.1, 0.15) is 5.52 Å². The van der Waals surface area contributed by atoms with Crippen LogP contribution in [0.15, 0.2) is 174 Å². The molecule has 224 valence electrons. The molecule has 2 aromatic heterocycles. The van der Waals surface area contributed by atoms with Crippen LogP contribution in [0, 0.1) is 0 Å². The summed E-state index contributed by atoms with van der Waals surface area (Å²) >= 11 is 0. The minimum absolute atomic E-state index is 0.629. The molecule has 48 heavy (non-hydrogen) atoms. The van der Waals surface area contributed by atoms with E-state index in [4.69, 9.17) is 9.40 Å². The van der Waals surface area contributed by atoms with Crippen LogP contribution in [0.25, 0.3) is 93.8 Å². The molecule has 0 atom stereocenters. The van der Waals surface area contributed by atoms with Crippen molar-refractivity contribution in [1.82, 2.24) is 9.55 Å². The maximum absolute atomic E-state index is 6.08. The maximum atomic E-state index is 6.08. The third-order valence-electron chi connectivity index (χ3n) is 9.63. The van der Waals surface area contributed by atoms with Crippen LogP contribution in [0.5, 0.6) is 0 Å². The number of rotatable bonds is 4. The lowest BCUT2D eigenvalue weighted by atomic mass is 9.95. The lowest BCUT2D eigenvalue weighted by Gasteiger charge is -2.10. The third-order valence-corrected chi connectivity index (χ3v) is 9.63. The lowest BCUT2D eigenvalue weighted by Crippen LogP contribution is -1.94. The second-order valence-corrected chi connectivity index (χ2v) is 12.4. The number of aromatic nitrogens is 2. The predicted molar refractivity (Wildman–Crippen MR) is 200 cm³/mol. The van der Waals surface area contributed by atoms with Gasteiger partial charge in [-0.3, -0.25) is 0 Å². The fraction of sp³-hybridized carbons (Fsp3) is 0. The number of benzene rings is 8. The van der Waals surface area contributed by atoms with E-state index in [2.05, 4.69) is 150 Å². The number of nitrogens with zero attached hydrogens (tertiary/aromatic N) is 2. The monoisotopic (exact) mass is 612 g/mol. The first-order chi connectivity index (χ1) is 23.8. The molecule has 0 aliphatic heterocycles. The van der Waals surface area contributed by atoms with Gasteiger partial charge in [-0.15, -0.1) is 0 Å². The molecule has 0 aliphatic carbocycles. The topological polar surface area (TPSA) is 31.0 Å². The van der Waals surface area contributed by atoms with Gasteiger partial charge < -0.3 is 8.98 Å². The summed E-state index contributed by atoms with van der Waals surface area (Å²) in [7, 11) is 0. The first-order valence-electron chi connectivity index (χ1n) is 16.3. The Labute approximate surface area is 277 Å². The Bertz CT molecular complexity index is 2660. The first-order valence-corrected chi connectivity index (χ1v) is 16.3. The largest absolute Gasteiger partial charge is 0.436 e. The van der Waals surface area contributed by atoms with E-state index in [1.54, 1.807) is 0 Å². The lowest BCUT2D eigenvalue weighted by molar-refractivity contribution is 0.620. The van der Waals surface area contributed by atoms with Crippen molar-refractivity contribution in [2.24, 2.45) is 0 Å². The van der Waals surface area contributed by atoms with Gasteiger partial charge >= 0.3 is 0 Å². The van der Waals surface area contributed by atoms with Crippen LogP contribution in [0.1, 0.15) is 0 Å². The molecule has 0 N–H and O–H groups in total. The Morgan fingerprint density at radius 2 is 0.938 bits per heavy atom. The van der Waals surface area contributed by atoms with Crippen LogP contribution in [-0.4, -0.2) is 9.55 Å². The summed E-state index contributed by atoms with van der Waals surface area (Å²) in [5, 5.41) is 7.45. The van der Waals surface area contributed by atoms with Crippen molar-refractivity contribution in [3.8, 4) is 39.4 Å². The Morgan fingerprint density at radius 3 is 1.54 bits per heavy atom. The van der Waals surface area contributed by atoms with E-state index >= 15 is 0 Å². The van der Waals surface area contributed by atoms with Crippen molar-refractivity contribution in [3.05, 3.63) is 170 Å². The summed E-state index contributed by atoms with van der Waals surface area (Å²) in [6.07, 6.45) is 0. The maximum Gasteiger partial charge on any atom is 0.227 e. The minimum atomic E-state index is 0.629. The van der Waals surface area contributed by atoms with E-state index in [-0.39, 0.29) is 0 Å². The smallest absolute Gasteiger partial charge is 0.227 e. The molecule has 0 aliphatic rings. The van der Waals surface area contributed by atoms with Gasteiger partial charge in [0.25, 0.3) is 0 Å². The molecule has 0 spiro atoms. The molecule has 8 aromatic carbocycles. The van der Waals surface area contributed by atoms with Gasteiger partial charge in [-0.05, 0) is 104 Å². The summed E-state index contributed by atoms with van der Waals surface area (Å²) in [4.78, 5) is 4.72. The molecule has 2 heterocycles. The highest BCUT2D eigenvalue weighted by Crippen LogP contribution is 2.40. The second kappa shape index (κ2) is 10.5. The highest BCUT2D eigenvalue weighted by atomic mass is 16.3. The standard InChI is InChI=1S/C45H28N2O/c1-3-13-35-29(9-1)11-7-15-37(35)32-21-25-42-39(27-32)40-28-33(38-16-8-12-30-10-2-4-14-36(30)38)22-26-43(40)47(42)34-23-19-31(20-24-34)45-46-41-17-5-6-18-44(41)48-45/h1-28H. The van der Waals surface area contributed by atoms with Gasteiger partial charge in [0, 0.05) is 22.0 Å². The van der Waals surface area contributed by atoms with Crippen molar-refractivity contribution in [2.45, 2.75) is 0 Å². The van der Waals surface area contributed by atoms with E-state index in [9.17, 15) is 0 Å². The van der Waals surface area contributed by atoms with Crippen molar-refractivity contribution < 1.29 is 4.42 Å². The van der Waals surface area contributed by atoms with Crippen LogP contribution in [0.2, 0.25) is 0 Å². The summed E-state index contributed by atoms with van der Waals surface area (Å²) < 4.78 is 8.45. The Balaban J connectivity index is 1.19. The fourth-order valence-corrected chi connectivity index (χ4v) is 7.34. The quantitative estimate of drug-likeness (QED) is 0.198. The number of fused-ring (bicyclic) bond motifs is 6. The Morgan fingerprint density at radius 1 is 0.417 bits per heavy atom. The minimum Gasteiger partial charge on any atom is -0.436 e. The van der Waals surface area contributed by atoms with E-state index in [0.29, 0.717) is 5.89 Å². The highest BCUT2D eigenvalue weighted by Gasteiger charge is 2.17. The molecule has 10 aromatic rings. The Hall–Kier alpha value is -6.45. The molecule has 0 saturated heterocycles. The fourth-order valence-electron chi connectivity index (χ4n) is 7.34. The zero-order valence-corrected chi connectivity index (χ0v) is 26.0. The second-order valence-electron chi connectivity index (χ2n) is 12.4. The van der Waals surface area contributed by atoms with Gasteiger partial charge in [-0.25, -0.2) is 4.98 Å². The van der Waals surface area contributed by atoms with E-state index in [0.717, 1.165) is 22.4 Å². The zero-order chi connectivity index (χ0) is 31.6. The van der Waals surface area contributed by atoms with Crippen molar-refractivity contribution in [1.29, 1.82) is 0 Å². The molecule has 3 nitrogen and oxygen atoms in total. The molecule has 0 amide bonds. The van der Waals surface area contributed by atoms with Crippen LogP contribution in [-0.2, 0) is 0 Å². The molecular weight excluding hydrogens is 585 g/mol. The molecule has 0 fully saturated rings. The number of hydrogen-bond acceptors (Lipinski definition) is 2. The van der Waals surface area contributed by atoms with Crippen LogP contribution in [0.3, 0.4) is 0 Å². The van der Waals surface area contributed by atoms with Gasteiger partial charge in [0.2, 0.25) is 5.89 Å². The number of para-hydroxylation sites is 2. The SMILES string of the molecule is c1ccc2c(-c3ccc4c(c3)c3cc(-c5cccc6ccccc56)ccc3n4-c3ccc(-c4nc5ccccc5o4)cc3)cccc2c1. The molecule has 0 radical (unpaired) electrons.